The zero-order valence-corrected chi connectivity index (χ0v) is 18.3. The van der Waals surface area contributed by atoms with Crippen LogP contribution in [0.1, 0.15) is 25.3 Å². The molecule has 0 aliphatic carbocycles. The average Bonchev–Trinajstić information content (AvgIpc) is 3.48. The summed E-state index contributed by atoms with van der Waals surface area (Å²) in [6.45, 7) is 2.20. The molecule has 1 amide bonds. The van der Waals surface area contributed by atoms with E-state index in [1.54, 1.807) is 0 Å². The molecule has 0 radical (unpaired) electrons. The Bertz CT molecular complexity index is 662. The summed E-state index contributed by atoms with van der Waals surface area (Å²) in [6, 6.07) is 9.80. The van der Waals surface area contributed by atoms with E-state index in [0.29, 0.717) is 19.6 Å². The minimum absolute atomic E-state index is 0.274. The molecular formula is C20H27Cl2NO6. The molecule has 29 heavy (non-hydrogen) atoms. The molecule has 7 nitrogen and oxygen atoms in total. The number of nitrogens with zero attached hydrogens (tertiary/aromatic N) is 1. The fourth-order valence-corrected chi connectivity index (χ4v) is 3.38. The van der Waals surface area contributed by atoms with E-state index in [0.717, 1.165) is 10.6 Å². The van der Waals surface area contributed by atoms with Gasteiger partial charge in [-0.1, -0.05) is 30.3 Å². The van der Waals surface area contributed by atoms with Crippen molar-refractivity contribution in [2.24, 2.45) is 0 Å². The minimum atomic E-state index is -0.679. The summed E-state index contributed by atoms with van der Waals surface area (Å²) in [4.78, 5) is 28.4. The largest absolute Gasteiger partial charge is 0.461 e. The van der Waals surface area contributed by atoms with Crippen molar-refractivity contribution in [2.45, 2.75) is 55.4 Å². The number of hydroxylamine groups is 2. The van der Waals surface area contributed by atoms with Crippen LogP contribution in [0.3, 0.4) is 0 Å². The number of ether oxygens (including phenoxy) is 3. The van der Waals surface area contributed by atoms with Crippen LogP contribution in [0.15, 0.2) is 30.3 Å². The summed E-state index contributed by atoms with van der Waals surface area (Å²) in [5.41, 5.74) is 1.07. The van der Waals surface area contributed by atoms with Gasteiger partial charge in [0.05, 0.1) is 30.6 Å². The van der Waals surface area contributed by atoms with E-state index in [1.165, 1.54) is 21.1 Å². The Morgan fingerprint density at radius 3 is 2.55 bits per heavy atom. The lowest BCUT2D eigenvalue weighted by Gasteiger charge is -2.25. The van der Waals surface area contributed by atoms with Gasteiger partial charge in [-0.2, -0.15) is 0 Å². The fraction of sp³-hybridized carbons (Fsp3) is 0.600. The molecule has 5 atom stereocenters. The van der Waals surface area contributed by atoms with Crippen LogP contribution in [-0.2, 0) is 35.2 Å². The normalized spacial score (nSPS) is 21.1. The van der Waals surface area contributed by atoms with Crippen molar-refractivity contribution in [1.82, 2.24) is 5.06 Å². The van der Waals surface area contributed by atoms with Crippen LogP contribution >= 0.6 is 23.2 Å². The molecule has 162 valence electrons. The maximum atomic E-state index is 12.0. The molecule has 0 N–H and O–H groups in total. The molecule has 1 fully saturated rings. The molecule has 1 aromatic carbocycles. The molecule has 0 bridgehead atoms. The lowest BCUT2D eigenvalue weighted by Crippen LogP contribution is -2.36. The SMILES string of the molecule is CON(C)C(=O)[C@@H]1O[C@@H]1C[C@H](OC(C)=O)[C@@H](Cl)[C@H](Cl)CCOCc1ccccc1. The number of rotatable bonds is 12. The van der Waals surface area contributed by atoms with Crippen LogP contribution in [0.4, 0.5) is 0 Å². The van der Waals surface area contributed by atoms with Gasteiger partial charge < -0.3 is 14.2 Å². The van der Waals surface area contributed by atoms with Crippen LogP contribution in [0.2, 0.25) is 0 Å². The highest BCUT2D eigenvalue weighted by Gasteiger charge is 2.49. The van der Waals surface area contributed by atoms with Gasteiger partial charge >= 0.3 is 5.97 Å². The number of hydrogen-bond donors (Lipinski definition) is 0. The van der Waals surface area contributed by atoms with Gasteiger partial charge in [0.1, 0.15) is 6.10 Å². The lowest BCUT2D eigenvalue weighted by molar-refractivity contribution is -0.170. The van der Waals surface area contributed by atoms with Gasteiger partial charge in [0.25, 0.3) is 5.91 Å². The van der Waals surface area contributed by atoms with E-state index >= 15 is 0 Å². The zero-order chi connectivity index (χ0) is 21.4. The van der Waals surface area contributed by atoms with E-state index in [2.05, 4.69) is 0 Å². The molecule has 1 heterocycles. The number of carbonyl (C=O) groups is 2. The average molecular weight is 448 g/mol. The van der Waals surface area contributed by atoms with Crippen molar-refractivity contribution < 1.29 is 28.6 Å². The van der Waals surface area contributed by atoms with E-state index in [1.807, 2.05) is 30.3 Å². The molecule has 9 heteroatoms. The minimum Gasteiger partial charge on any atom is -0.461 e. The van der Waals surface area contributed by atoms with Gasteiger partial charge in [0.2, 0.25) is 0 Å². The predicted molar refractivity (Wildman–Crippen MR) is 109 cm³/mol. The van der Waals surface area contributed by atoms with Crippen molar-refractivity contribution in [3.63, 3.8) is 0 Å². The highest BCUT2D eigenvalue weighted by molar-refractivity contribution is 6.30. The molecule has 2 rings (SSSR count). The smallest absolute Gasteiger partial charge is 0.302 e. The highest BCUT2D eigenvalue weighted by atomic mass is 35.5. The van der Waals surface area contributed by atoms with Gasteiger partial charge in [-0.25, -0.2) is 5.06 Å². The lowest BCUT2D eigenvalue weighted by atomic mass is 10.0. The number of alkyl halides is 2. The van der Waals surface area contributed by atoms with Crippen molar-refractivity contribution in [3.05, 3.63) is 35.9 Å². The quantitative estimate of drug-likeness (QED) is 0.161. The fourth-order valence-electron chi connectivity index (χ4n) is 2.85. The van der Waals surface area contributed by atoms with Gasteiger partial charge in [-0.05, 0) is 12.0 Å². The Morgan fingerprint density at radius 2 is 1.93 bits per heavy atom. The second kappa shape index (κ2) is 11.7. The second-order valence-corrected chi connectivity index (χ2v) is 7.85. The maximum Gasteiger partial charge on any atom is 0.302 e. The Morgan fingerprint density at radius 1 is 1.24 bits per heavy atom. The first-order chi connectivity index (χ1) is 13.8. The van der Waals surface area contributed by atoms with E-state index < -0.39 is 35.0 Å². The molecule has 1 saturated heterocycles. The van der Waals surface area contributed by atoms with Crippen LogP contribution < -0.4 is 0 Å². The standard InChI is InChI=1S/C20H27Cl2NO6/c1-13(24)28-16(11-17-19(29-17)20(25)23(2)26-3)18(22)15(21)9-10-27-12-14-7-5-4-6-8-14/h4-8,15-19H,9-12H2,1-3H3/t15-,16+,17-,18+,19-/m1/s1. The number of benzene rings is 1. The Labute approximate surface area is 181 Å². The zero-order valence-electron chi connectivity index (χ0n) is 16.8. The van der Waals surface area contributed by atoms with Gasteiger partial charge in [0, 0.05) is 27.0 Å². The first kappa shape index (κ1) is 23.9. The van der Waals surface area contributed by atoms with E-state index in [-0.39, 0.29) is 12.3 Å². The van der Waals surface area contributed by atoms with Gasteiger partial charge in [-0.3, -0.25) is 14.4 Å². The number of esters is 1. The number of carbonyl (C=O) groups excluding carboxylic acids is 2. The van der Waals surface area contributed by atoms with Crippen LogP contribution in [0.5, 0.6) is 0 Å². The summed E-state index contributed by atoms with van der Waals surface area (Å²) < 4.78 is 16.4. The first-order valence-electron chi connectivity index (χ1n) is 9.37. The summed E-state index contributed by atoms with van der Waals surface area (Å²) in [6.07, 6.45) is -0.952. The Balaban J connectivity index is 1.80. The molecule has 1 aromatic rings. The third kappa shape index (κ3) is 7.75. The first-order valence-corrected chi connectivity index (χ1v) is 10.2. The third-order valence-electron chi connectivity index (χ3n) is 4.54. The van der Waals surface area contributed by atoms with Crippen molar-refractivity contribution in [3.8, 4) is 0 Å². The van der Waals surface area contributed by atoms with Crippen molar-refractivity contribution in [2.75, 3.05) is 20.8 Å². The van der Waals surface area contributed by atoms with Crippen molar-refractivity contribution in [1.29, 1.82) is 0 Å². The number of likely N-dealkylation sites (N-methyl/N-ethyl adjacent to an activating group) is 1. The molecule has 0 spiro atoms. The number of halogens is 2. The molecular weight excluding hydrogens is 421 g/mol. The summed E-state index contributed by atoms with van der Waals surface area (Å²) in [5, 5.41) is -0.0367. The maximum absolute atomic E-state index is 12.0. The summed E-state index contributed by atoms with van der Waals surface area (Å²) in [5.74, 6) is -0.774. The monoisotopic (exact) mass is 447 g/mol. The predicted octanol–water partition coefficient (Wildman–Crippen LogP) is 2.92. The van der Waals surface area contributed by atoms with E-state index in [9.17, 15) is 9.59 Å². The number of hydrogen-bond acceptors (Lipinski definition) is 6. The topological polar surface area (TPSA) is 77.6 Å². The van der Waals surface area contributed by atoms with Crippen LogP contribution in [-0.4, -0.2) is 66.8 Å². The third-order valence-corrected chi connectivity index (χ3v) is 5.75. The molecule has 0 aromatic heterocycles. The summed E-state index contributed by atoms with van der Waals surface area (Å²) >= 11 is 12.9. The second-order valence-electron chi connectivity index (χ2n) is 6.78. The number of amides is 1. The Kier molecular flexibility index (Phi) is 9.65. The van der Waals surface area contributed by atoms with Crippen molar-refractivity contribution >= 4 is 35.1 Å². The van der Waals surface area contributed by atoms with Crippen LogP contribution in [0.25, 0.3) is 0 Å². The molecule has 0 saturated carbocycles. The highest BCUT2D eigenvalue weighted by Crippen LogP contribution is 2.32. The van der Waals surface area contributed by atoms with Gasteiger partial charge in [-0.15, -0.1) is 23.2 Å². The number of epoxide rings is 1. The Hall–Kier alpha value is -1.38. The molecule has 0 unspecified atom stereocenters. The summed E-state index contributed by atoms with van der Waals surface area (Å²) in [7, 11) is 2.89. The van der Waals surface area contributed by atoms with Crippen LogP contribution in [0, 0.1) is 0 Å². The molecule has 1 aliphatic rings. The van der Waals surface area contributed by atoms with Gasteiger partial charge in [0.15, 0.2) is 6.10 Å². The molecule has 1 aliphatic heterocycles. The van der Waals surface area contributed by atoms with E-state index in [4.69, 9.17) is 42.3 Å².